The van der Waals surface area contributed by atoms with Gasteiger partial charge in [-0.25, -0.2) is 4.98 Å². The predicted octanol–water partition coefficient (Wildman–Crippen LogP) is 1.04. The van der Waals surface area contributed by atoms with Gasteiger partial charge in [0.05, 0.1) is 7.11 Å². The first-order chi connectivity index (χ1) is 8.70. The number of nitrogens with one attached hydrogen (secondary N) is 1. The highest BCUT2D eigenvalue weighted by Crippen LogP contribution is 2.39. The highest BCUT2D eigenvalue weighted by molar-refractivity contribution is 6.04. The first kappa shape index (κ1) is 11.3. The monoisotopic (exact) mass is 248 g/mol. The zero-order chi connectivity index (χ0) is 12.7. The lowest BCUT2D eigenvalue weighted by Crippen LogP contribution is -2.52. The van der Waals surface area contributed by atoms with E-state index in [1.54, 1.807) is 7.11 Å². The molecule has 6 heteroatoms. The first-order valence-corrected chi connectivity index (χ1v) is 6.17. The van der Waals surface area contributed by atoms with Gasteiger partial charge in [0.1, 0.15) is 18.1 Å². The second-order valence-electron chi connectivity index (χ2n) is 4.91. The lowest BCUT2D eigenvalue weighted by Gasteiger charge is -2.41. The maximum atomic E-state index is 12.1. The number of amides is 1. The minimum atomic E-state index is -0.110. The van der Waals surface area contributed by atoms with Gasteiger partial charge in [-0.2, -0.15) is 4.98 Å². The molecule has 2 unspecified atom stereocenters. The average molecular weight is 248 g/mol. The van der Waals surface area contributed by atoms with Crippen molar-refractivity contribution in [1.29, 1.82) is 0 Å². The van der Waals surface area contributed by atoms with Crippen molar-refractivity contribution in [3.8, 4) is 5.88 Å². The number of piperidine rings is 1. The molecule has 0 aromatic carbocycles. The topological polar surface area (TPSA) is 67.4 Å². The Morgan fingerprint density at radius 1 is 1.50 bits per heavy atom. The highest BCUT2D eigenvalue weighted by Gasteiger charge is 2.39. The van der Waals surface area contributed by atoms with Crippen molar-refractivity contribution in [3.05, 3.63) is 6.33 Å². The Kier molecular flexibility index (Phi) is 2.57. The van der Waals surface area contributed by atoms with E-state index in [1.165, 1.54) is 6.33 Å². The molecule has 1 aromatic rings. The summed E-state index contributed by atoms with van der Waals surface area (Å²) in [6.07, 6.45) is 3.43. The molecular weight excluding hydrogens is 232 g/mol. The Balaban J connectivity index is 2.04. The van der Waals surface area contributed by atoms with E-state index in [0.29, 0.717) is 17.5 Å². The molecule has 0 aliphatic carbocycles. The fourth-order valence-corrected chi connectivity index (χ4v) is 2.69. The third kappa shape index (κ3) is 1.60. The quantitative estimate of drug-likeness (QED) is 0.804. The predicted molar refractivity (Wildman–Crippen MR) is 66.7 cm³/mol. The van der Waals surface area contributed by atoms with E-state index in [1.807, 2.05) is 0 Å². The molecule has 18 heavy (non-hydrogen) atoms. The van der Waals surface area contributed by atoms with Crippen molar-refractivity contribution in [2.45, 2.75) is 25.8 Å². The summed E-state index contributed by atoms with van der Waals surface area (Å²) in [5.74, 6) is 1.79. The third-order valence-corrected chi connectivity index (χ3v) is 3.67. The molecule has 1 saturated heterocycles. The van der Waals surface area contributed by atoms with Crippen LogP contribution in [0.2, 0.25) is 0 Å². The van der Waals surface area contributed by atoms with Crippen molar-refractivity contribution in [2.24, 2.45) is 5.92 Å². The van der Waals surface area contributed by atoms with Gasteiger partial charge < -0.3 is 15.0 Å². The van der Waals surface area contributed by atoms with Crippen LogP contribution in [0.1, 0.15) is 19.8 Å². The summed E-state index contributed by atoms with van der Waals surface area (Å²) in [5.41, 5.74) is 0.593. The lowest BCUT2D eigenvalue weighted by molar-refractivity contribution is -0.118. The van der Waals surface area contributed by atoms with Gasteiger partial charge in [0.15, 0.2) is 5.82 Å². The van der Waals surface area contributed by atoms with Gasteiger partial charge in [-0.3, -0.25) is 4.79 Å². The fourth-order valence-electron chi connectivity index (χ4n) is 2.69. The minimum Gasteiger partial charge on any atom is -0.479 e. The van der Waals surface area contributed by atoms with E-state index < -0.39 is 0 Å². The Labute approximate surface area is 105 Å². The summed E-state index contributed by atoms with van der Waals surface area (Å²) in [7, 11) is 1.54. The molecule has 1 amide bonds. The number of hydrogen-bond donors (Lipinski definition) is 1. The van der Waals surface area contributed by atoms with Crippen LogP contribution in [0.25, 0.3) is 0 Å². The number of fused-ring (bicyclic) bond motifs is 3. The Morgan fingerprint density at radius 2 is 2.33 bits per heavy atom. The Bertz CT molecular complexity index is 491. The van der Waals surface area contributed by atoms with Gasteiger partial charge in [-0.05, 0) is 18.8 Å². The third-order valence-electron chi connectivity index (χ3n) is 3.67. The number of carbonyl (C=O) groups is 1. The summed E-state index contributed by atoms with van der Waals surface area (Å²) in [6.45, 7) is 3.03. The molecule has 2 aliphatic heterocycles. The van der Waals surface area contributed by atoms with Crippen molar-refractivity contribution < 1.29 is 9.53 Å². The first-order valence-electron chi connectivity index (χ1n) is 6.17. The Hall–Kier alpha value is -1.85. The minimum absolute atomic E-state index is 0.0159. The van der Waals surface area contributed by atoms with Crippen molar-refractivity contribution >= 4 is 17.4 Å². The molecule has 2 atom stereocenters. The van der Waals surface area contributed by atoms with E-state index >= 15 is 0 Å². The Morgan fingerprint density at radius 3 is 3.11 bits per heavy atom. The maximum Gasteiger partial charge on any atom is 0.247 e. The van der Waals surface area contributed by atoms with Crippen molar-refractivity contribution in [2.75, 3.05) is 23.9 Å². The zero-order valence-corrected chi connectivity index (χ0v) is 10.5. The van der Waals surface area contributed by atoms with Crippen LogP contribution in [0.4, 0.5) is 11.5 Å². The van der Waals surface area contributed by atoms with Crippen LogP contribution in [0.15, 0.2) is 6.33 Å². The summed E-state index contributed by atoms with van der Waals surface area (Å²) in [6, 6.07) is -0.110. The van der Waals surface area contributed by atoms with Gasteiger partial charge in [0.2, 0.25) is 11.8 Å². The van der Waals surface area contributed by atoms with Crippen LogP contribution in [0, 0.1) is 5.92 Å². The van der Waals surface area contributed by atoms with Gasteiger partial charge in [-0.1, -0.05) is 6.92 Å². The molecule has 6 nitrogen and oxygen atoms in total. The summed E-state index contributed by atoms with van der Waals surface area (Å²) >= 11 is 0. The van der Waals surface area contributed by atoms with Gasteiger partial charge in [0.25, 0.3) is 0 Å². The molecule has 96 valence electrons. The van der Waals surface area contributed by atoms with E-state index in [0.717, 1.165) is 25.2 Å². The molecule has 1 fully saturated rings. The second-order valence-corrected chi connectivity index (χ2v) is 4.91. The van der Waals surface area contributed by atoms with Crippen LogP contribution in [-0.4, -0.2) is 35.6 Å². The van der Waals surface area contributed by atoms with Crippen molar-refractivity contribution in [3.63, 3.8) is 0 Å². The lowest BCUT2D eigenvalue weighted by atomic mass is 9.90. The SMILES string of the molecule is COc1ncnc2c1NC(=O)C1CC(C)CCN21. The molecule has 3 rings (SSSR count). The second kappa shape index (κ2) is 4.12. The number of aromatic nitrogens is 2. The number of nitrogens with zero attached hydrogens (tertiary/aromatic N) is 3. The highest BCUT2D eigenvalue weighted by atomic mass is 16.5. The largest absolute Gasteiger partial charge is 0.479 e. The smallest absolute Gasteiger partial charge is 0.247 e. The molecule has 1 N–H and O–H groups in total. The molecule has 0 spiro atoms. The molecule has 0 radical (unpaired) electrons. The van der Waals surface area contributed by atoms with Crippen LogP contribution >= 0.6 is 0 Å². The zero-order valence-electron chi connectivity index (χ0n) is 10.5. The van der Waals surface area contributed by atoms with Crippen LogP contribution in [0.5, 0.6) is 5.88 Å². The molecular formula is C12H16N4O2. The standard InChI is InChI=1S/C12H16N4O2/c1-7-3-4-16-8(5-7)11(17)15-9-10(16)13-6-14-12(9)18-2/h6-8H,3-5H2,1-2H3,(H,15,17). The molecule has 3 heterocycles. The van der Waals surface area contributed by atoms with Crippen LogP contribution in [-0.2, 0) is 4.79 Å². The van der Waals surface area contributed by atoms with Crippen LogP contribution < -0.4 is 15.0 Å². The van der Waals surface area contributed by atoms with E-state index in [2.05, 4.69) is 27.1 Å². The van der Waals surface area contributed by atoms with E-state index in [9.17, 15) is 4.79 Å². The van der Waals surface area contributed by atoms with Crippen LogP contribution in [0.3, 0.4) is 0 Å². The number of hydrogen-bond acceptors (Lipinski definition) is 5. The van der Waals surface area contributed by atoms with Gasteiger partial charge in [0, 0.05) is 6.54 Å². The van der Waals surface area contributed by atoms with Gasteiger partial charge >= 0.3 is 0 Å². The number of methoxy groups -OCH3 is 1. The summed E-state index contributed by atoms with van der Waals surface area (Å²) in [5, 5.41) is 2.87. The number of carbonyl (C=O) groups excluding carboxylic acids is 1. The normalized spacial score (nSPS) is 26.1. The summed E-state index contributed by atoms with van der Waals surface area (Å²) < 4.78 is 5.17. The average Bonchev–Trinajstić information content (AvgIpc) is 2.38. The van der Waals surface area contributed by atoms with Gasteiger partial charge in [-0.15, -0.1) is 0 Å². The molecule has 0 bridgehead atoms. The van der Waals surface area contributed by atoms with E-state index in [4.69, 9.17) is 4.74 Å². The number of anilines is 2. The molecule has 1 aromatic heterocycles. The fraction of sp³-hybridized carbons (Fsp3) is 0.583. The molecule has 0 saturated carbocycles. The summed E-state index contributed by atoms with van der Waals surface area (Å²) in [4.78, 5) is 22.5. The van der Waals surface area contributed by atoms with E-state index in [-0.39, 0.29) is 11.9 Å². The molecule has 2 aliphatic rings. The number of rotatable bonds is 1. The number of ether oxygens (including phenoxy) is 1. The maximum absolute atomic E-state index is 12.1. The van der Waals surface area contributed by atoms with Crippen molar-refractivity contribution in [1.82, 2.24) is 9.97 Å².